The molecule has 17 nitrogen and oxygen atoms in total. The number of ether oxygens (including phenoxy) is 4. The number of nitrogens with zero attached hydrogens (tertiary/aromatic N) is 5. The number of unbranched alkanes of at least 4 members (excludes halogenated alkanes) is 2. The third-order valence-electron chi connectivity index (χ3n) is 15.0. The molecule has 0 saturated heterocycles. The number of hydrogen-bond acceptors (Lipinski definition) is 13. The van der Waals surface area contributed by atoms with Gasteiger partial charge in [0.25, 0.3) is 23.6 Å². The predicted molar refractivity (Wildman–Crippen MR) is 299 cm³/mol. The van der Waals surface area contributed by atoms with Crippen molar-refractivity contribution in [2.45, 2.75) is 104 Å². The van der Waals surface area contributed by atoms with Gasteiger partial charge < -0.3 is 34.1 Å². The molecule has 0 saturated carbocycles. The fourth-order valence-corrected chi connectivity index (χ4v) is 10.4. The van der Waals surface area contributed by atoms with E-state index in [1.165, 1.54) is 24.2 Å². The number of Topliss-reactive ketones (excluding diaryl/α,β-unsaturated/α-hetero) is 2. The van der Waals surface area contributed by atoms with Crippen LogP contribution in [0, 0.1) is 18.8 Å². The molecule has 0 spiro atoms. The maximum absolute atomic E-state index is 14.2. The van der Waals surface area contributed by atoms with Gasteiger partial charge in [0, 0.05) is 100 Å². The van der Waals surface area contributed by atoms with E-state index in [0.717, 1.165) is 39.1 Å². The Labute approximate surface area is 460 Å². The molecule has 0 bridgehead atoms. The van der Waals surface area contributed by atoms with Crippen molar-refractivity contribution in [1.82, 2.24) is 20.0 Å². The zero-order valence-corrected chi connectivity index (χ0v) is 45.5. The maximum atomic E-state index is 14.2. The first-order chi connectivity index (χ1) is 38.1. The van der Waals surface area contributed by atoms with Gasteiger partial charge in [-0.25, -0.2) is 0 Å². The molecule has 5 amide bonds. The van der Waals surface area contributed by atoms with E-state index in [0.29, 0.717) is 91.4 Å². The fourth-order valence-electron chi connectivity index (χ4n) is 10.4. The smallest absolute Gasteiger partial charge is 0.260 e. The van der Waals surface area contributed by atoms with Crippen LogP contribution in [0.25, 0.3) is 11.1 Å². The first kappa shape index (κ1) is 55.3. The number of benzene rings is 4. The standard InChI is InChI=1S/C62H66N6O11/c1-37(2)49(29-47(69)14-8-7-9-21-66-58(71)19-20-59(66)72)60(73)65-39(4)54(70)26-40-12-10-13-42(25-40)44-28-46-34-64-53-32-57(56(77-6)30-51(53)62(75)68(46)36-44)79-23-11-22-78-55-31-52-50(24-38(55)3)61(74)67-35-43(27-45(67)33-63-52)41-15-17-48(76-5)18-16-41/h10,12-13,15-20,24-25,30-37,39,45-46,49H,7-9,11,14,21-23,26-29H2,1-6H3,(H,65,73)/t39-,45-,46-,49-/m0/s1. The minimum Gasteiger partial charge on any atom is -0.497 e. The number of ketones is 2. The highest BCUT2D eigenvalue weighted by Gasteiger charge is 2.36. The van der Waals surface area contributed by atoms with Crippen LogP contribution in [0.3, 0.4) is 0 Å². The third-order valence-corrected chi connectivity index (χ3v) is 15.0. The highest BCUT2D eigenvalue weighted by molar-refractivity contribution is 6.13. The van der Waals surface area contributed by atoms with Crippen molar-refractivity contribution in [2.75, 3.05) is 34.0 Å². The monoisotopic (exact) mass is 1070 g/mol. The van der Waals surface area contributed by atoms with Crippen LogP contribution in [0.15, 0.2) is 107 Å². The molecule has 0 aliphatic carbocycles. The molecule has 79 heavy (non-hydrogen) atoms. The van der Waals surface area contributed by atoms with Crippen molar-refractivity contribution in [3.63, 3.8) is 0 Å². The molecule has 5 heterocycles. The Morgan fingerprint density at radius 1 is 0.684 bits per heavy atom. The Hall–Kier alpha value is -8.47. The second-order valence-electron chi connectivity index (χ2n) is 20.9. The minimum atomic E-state index is -0.794. The lowest BCUT2D eigenvalue weighted by Crippen LogP contribution is -2.44. The van der Waals surface area contributed by atoms with Crippen molar-refractivity contribution in [2.24, 2.45) is 21.8 Å². The third kappa shape index (κ3) is 12.6. The van der Waals surface area contributed by atoms with Crippen molar-refractivity contribution < 1.29 is 52.5 Å². The van der Waals surface area contributed by atoms with Gasteiger partial charge in [0.1, 0.15) is 17.3 Å². The highest BCUT2D eigenvalue weighted by atomic mass is 16.5. The number of aryl methyl sites for hydroxylation is 1. The summed E-state index contributed by atoms with van der Waals surface area (Å²) in [5, 5.41) is 2.86. The summed E-state index contributed by atoms with van der Waals surface area (Å²) in [6, 6.07) is 21.1. The van der Waals surface area contributed by atoms with E-state index >= 15 is 0 Å². The van der Waals surface area contributed by atoms with Gasteiger partial charge in [-0.2, -0.15) is 0 Å². The lowest BCUT2D eigenvalue weighted by molar-refractivity contribution is -0.137. The molecular weight excluding hydrogens is 1000 g/mol. The summed E-state index contributed by atoms with van der Waals surface area (Å²) in [4.78, 5) is 106. The van der Waals surface area contributed by atoms with E-state index in [4.69, 9.17) is 28.9 Å². The topological polar surface area (TPSA) is 203 Å². The quantitative estimate of drug-likeness (QED) is 0.0518. The number of rotatable bonds is 24. The Bertz CT molecular complexity index is 3210. The Kier molecular flexibility index (Phi) is 17.1. The summed E-state index contributed by atoms with van der Waals surface area (Å²) in [6.45, 7) is 8.23. The van der Waals surface area contributed by atoms with Gasteiger partial charge >= 0.3 is 0 Å². The maximum Gasteiger partial charge on any atom is 0.260 e. The van der Waals surface area contributed by atoms with Crippen molar-refractivity contribution >= 4 is 76.1 Å². The molecule has 4 aromatic carbocycles. The number of imide groups is 1. The van der Waals surface area contributed by atoms with E-state index in [9.17, 15) is 33.6 Å². The number of fused-ring (bicyclic) bond motifs is 4. The van der Waals surface area contributed by atoms with Crippen LogP contribution in [-0.4, -0.2) is 120 Å². The van der Waals surface area contributed by atoms with Crippen molar-refractivity contribution in [3.8, 4) is 23.0 Å². The van der Waals surface area contributed by atoms with E-state index in [1.54, 1.807) is 42.2 Å². The van der Waals surface area contributed by atoms with Gasteiger partial charge in [0.15, 0.2) is 17.3 Å². The molecule has 410 valence electrons. The van der Waals surface area contributed by atoms with Gasteiger partial charge in [0.2, 0.25) is 5.91 Å². The highest BCUT2D eigenvalue weighted by Crippen LogP contribution is 2.41. The average Bonchev–Trinajstić information content (AvgIpc) is 4.30. The molecule has 0 radical (unpaired) electrons. The minimum absolute atomic E-state index is 0.0509. The van der Waals surface area contributed by atoms with Gasteiger partial charge in [0.05, 0.1) is 68.1 Å². The summed E-state index contributed by atoms with van der Waals surface area (Å²) >= 11 is 0. The van der Waals surface area contributed by atoms with E-state index < -0.39 is 12.0 Å². The molecule has 0 unspecified atom stereocenters. The van der Waals surface area contributed by atoms with Crippen LogP contribution in [0.4, 0.5) is 11.4 Å². The molecule has 5 aliphatic heterocycles. The molecule has 0 fully saturated rings. The lowest BCUT2D eigenvalue weighted by atomic mass is 9.88. The molecule has 17 heteroatoms. The van der Waals surface area contributed by atoms with Crippen LogP contribution in [0.5, 0.6) is 23.0 Å². The SMILES string of the molecule is COc1ccc(C2=CN3C(=O)c4cc(C)c(OCCCOc5cc6c(cc5OC)C(=O)N5C=C(c7cccc(CC(=O)[C@H](C)NC(=O)[C@@H](CC(=O)CCCCCN8C(=O)C=CC8=O)C(C)C)c7)C[C@H]5C=N6)cc4N=C[C@@H]3C2)cc1. The van der Waals surface area contributed by atoms with Crippen LogP contribution in [-0.2, 0) is 30.4 Å². The molecule has 0 aromatic heterocycles. The van der Waals surface area contributed by atoms with Crippen molar-refractivity contribution in [1.29, 1.82) is 0 Å². The average molecular weight is 1070 g/mol. The van der Waals surface area contributed by atoms with Crippen LogP contribution >= 0.6 is 0 Å². The predicted octanol–water partition coefficient (Wildman–Crippen LogP) is 9.14. The number of aliphatic imine (C=N–C) groups is 2. The molecule has 9 rings (SSSR count). The summed E-state index contributed by atoms with van der Waals surface area (Å²) in [7, 11) is 3.15. The normalized spacial score (nSPS) is 17.8. The Balaban J connectivity index is 0.747. The summed E-state index contributed by atoms with van der Waals surface area (Å²) < 4.78 is 23.4. The molecule has 5 aliphatic rings. The van der Waals surface area contributed by atoms with Crippen molar-refractivity contribution in [3.05, 3.63) is 131 Å². The van der Waals surface area contributed by atoms with Crippen LogP contribution in [0.2, 0.25) is 0 Å². The zero-order chi connectivity index (χ0) is 55.9. The largest absolute Gasteiger partial charge is 0.497 e. The van der Waals surface area contributed by atoms with Crippen LogP contribution in [0.1, 0.15) is 115 Å². The molecule has 4 aromatic rings. The molecule has 4 atom stereocenters. The van der Waals surface area contributed by atoms with E-state index in [1.807, 2.05) is 100 Å². The van der Waals surface area contributed by atoms with Gasteiger partial charge in [-0.3, -0.25) is 48.4 Å². The fraction of sp³-hybridized carbons (Fsp3) is 0.371. The summed E-state index contributed by atoms with van der Waals surface area (Å²) in [5.41, 5.74) is 7.29. The number of hydrogen-bond donors (Lipinski definition) is 1. The molecular formula is C62H66N6O11. The molecule has 1 N–H and O–H groups in total. The van der Waals surface area contributed by atoms with E-state index in [2.05, 4.69) is 5.32 Å². The summed E-state index contributed by atoms with van der Waals surface area (Å²) in [6.07, 6.45) is 13.7. The Morgan fingerprint density at radius 3 is 1.94 bits per heavy atom. The second kappa shape index (κ2) is 24.5. The van der Waals surface area contributed by atoms with Gasteiger partial charge in [-0.1, -0.05) is 56.7 Å². The zero-order valence-electron chi connectivity index (χ0n) is 45.5. The van der Waals surface area contributed by atoms with Gasteiger partial charge in [-0.05, 0) is 90.3 Å². The van der Waals surface area contributed by atoms with Crippen LogP contribution < -0.4 is 24.3 Å². The lowest BCUT2D eigenvalue weighted by Gasteiger charge is -2.22. The Morgan fingerprint density at radius 2 is 1.30 bits per heavy atom. The number of carbonyl (C=O) groups is 7. The first-order valence-electron chi connectivity index (χ1n) is 27.0. The summed E-state index contributed by atoms with van der Waals surface area (Å²) in [5.74, 6) is -0.112. The number of amides is 5. The van der Waals surface area contributed by atoms with Gasteiger partial charge in [-0.15, -0.1) is 0 Å². The first-order valence-corrected chi connectivity index (χ1v) is 27.0. The number of carbonyl (C=O) groups excluding carboxylic acids is 7. The number of methoxy groups -OCH3 is 2. The second-order valence-corrected chi connectivity index (χ2v) is 20.9. The van der Waals surface area contributed by atoms with E-state index in [-0.39, 0.29) is 85.0 Å². The number of nitrogens with one attached hydrogen (secondary N) is 1.